The molecule has 1 aromatic carbocycles. The van der Waals surface area contributed by atoms with Gasteiger partial charge in [-0.25, -0.2) is 0 Å². The molecule has 0 N–H and O–H groups in total. The number of Topliss-reactive ketones (excluding diaryl/α,β-unsaturated/α-hetero) is 1. The molecule has 2 unspecified atom stereocenters. The van der Waals surface area contributed by atoms with Crippen LogP contribution >= 0.6 is 9.12 Å². The van der Waals surface area contributed by atoms with Gasteiger partial charge in [0.25, 0.3) is 0 Å². The number of unbranched alkanes of at least 4 members (excludes halogenated alkanes) is 1. The molecule has 0 aliphatic rings. The van der Waals surface area contributed by atoms with E-state index in [9.17, 15) is 9.59 Å². The van der Waals surface area contributed by atoms with Crippen molar-refractivity contribution in [1.82, 2.24) is 0 Å². The SMILES string of the molecule is CCCCC(C)C(=O)OC(C(=O)c1c(C)cc(C)cc1C)C(C)C.O=P. The largest absolute Gasteiger partial charge is 0.453 e. The molecule has 0 fully saturated rings. The fourth-order valence-electron chi connectivity index (χ4n) is 3.07. The minimum atomic E-state index is -0.721. The first kappa shape index (κ1) is 24.5. The summed E-state index contributed by atoms with van der Waals surface area (Å²) in [5, 5.41) is 0. The highest BCUT2D eigenvalue weighted by molar-refractivity contribution is 7.00. The zero-order valence-electron chi connectivity index (χ0n) is 17.1. The molecule has 2 atom stereocenters. The van der Waals surface area contributed by atoms with Crippen molar-refractivity contribution in [3.63, 3.8) is 0 Å². The Hall–Kier alpha value is -1.54. The first-order valence-electron chi connectivity index (χ1n) is 9.21. The summed E-state index contributed by atoms with van der Waals surface area (Å²) in [6.07, 6.45) is 2.12. The van der Waals surface area contributed by atoms with E-state index >= 15 is 0 Å². The molecule has 0 heterocycles. The third-order valence-corrected chi connectivity index (χ3v) is 4.42. The Labute approximate surface area is 160 Å². The van der Waals surface area contributed by atoms with Gasteiger partial charge in [0.1, 0.15) is 9.12 Å². The summed E-state index contributed by atoms with van der Waals surface area (Å²) < 4.78 is 13.7. The van der Waals surface area contributed by atoms with Crippen LogP contribution in [-0.2, 0) is 14.1 Å². The highest BCUT2D eigenvalue weighted by Crippen LogP contribution is 2.23. The van der Waals surface area contributed by atoms with Crippen molar-refractivity contribution in [3.05, 3.63) is 34.4 Å². The van der Waals surface area contributed by atoms with Gasteiger partial charge in [0.2, 0.25) is 5.78 Å². The number of hydrogen-bond acceptors (Lipinski definition) is 4. The zero-order chi connectivity index (χ0) is 20.4. The van der Waals surface area contributed by atoms with Crippen molar-refractivity contribution in [2.45, 2.75) is 73.8 Å². The molecule has 0 saturated carbocycles. The lowest BCUT2D eigenvalue weighted by Gasteiger charge is -2.24. The van der Waals surface area contributed by atoms with E-state index < -0.39 is 6.10 Å². The van der Waals surface area contributed by atoms with Crippen LogP contribution in [0.1, 0.15) is 74.0 Å². The lowest BCUT2D eigenvalue weighted by atomic mass is 9.90. The van der Waals surface area contributed by atoms with Crippen molar-refractivity contribution >= 4 is 20.9 Å². The molecule has 146 valence electrons. The molecule has 4 nitrogen and oxygen atoms in total. The van der Waals surface area contributed by atoms with E-state index in [4.69, 9.17) is 9.30 Å². The molecule has 0 saturated heterocycles. The standard InChI is InChI=1S/C21H32O3.HOP/c1-8-9-10-15(5)21(23)24-20(13(2)3)19(22)18-16(6)11-14(4)12-17(18)7;1-2/h11-13,15,20H,8-10H2,1-7H3;2H. The molecule has 5 heteroatoms. The topological polar surface area (TPSA) is 60.4 Å². The lowest BCUT2D eigenvalue weighted by molar-refractivity contribution is -0.153. The molecule has 0 aromatic heterocycles. The molecule has 0 radical (unpaired) electrons. The molecule has 1 aromatic rings. The number of benzene rings is 1. The van der Waals surface area contributed by atoms with Gasteiger partial charge >= 0.3 is 5.97 Å². The number of carbonyl (C=O) groups excluding carboxylic acids is 2. The van der Waals surface area contributed by atoms with Gasteiger partial charge in [0.15, 0.2) is 6.10 Å². The van der Waals surface area contributed by atoms with Gasteiger partial charge in [-0.1, -0.05) is 58.2 Å². The first-order valence-corrected chi connectivity index (χ1v) is 9.62. The molecule has 0 aliphatic heterocycles. The maximum Gasteiger partial charge on any atom is 0.309 e. The summed E-state index contributed by atoms with van der Waals surface area (Å²) in [7, 11) is 1.72. The molecular formula is C21H33O4P. The second-order valence-electron chi connectivity index (χ2n) is 7.28. The van der Waals surface area contributed by atoms with E-state index in [-0.39, 0.29) is 23.6 Å². The Kier molecular flexibility index (Phi) is 11.2. The average Bonchev–Trinajstić information content (AvgIpc) is 2.57. The van der Waals surface area contributed by atoms with Crippen molar-refractivity contribution < 1.29 is 18.9 Å². The highest BCUT2D eigenvalue weighted by Gasteiger charge is 2.30. The second kappa shape index (κ2) is 12.0. The Bertz CT molecular complexity index is 587. The van der Waals surface area contributed by atoms with E-state index in [0.717, 1.165) is 36.0 Å². The fraction of sp³-hybridized carbons (Fsp3) is 0.619. The van der Waals surface area contributed by atoms with E-state index in [0.29, 0.717) is 5.56 Å². The van der Waals surface area contributed by atoms with Gasteiger partial charge in [-0.05, 0) is 44.2 Å². The Morgan fingerprint density at radius 3 is 1.96 bits per heavy atom. The predicted molar refractivity (Wildman–Crippen MR) is 107 cm³/mol. The average molecular weight is 380 g/mol. The van der Waals surface area contributed by atoms with E-state index in [2.05, 4.69) is 6.92 Å². The van der Waals surface area contributed by atoms with Gasteiger partial charge in [0, 0.05) is 5.56 Å². The van der Waals surface area contributed by atoms with Crippen molar-refractivity contribution in [2.24, 2.45) is 11.8 Å². The summed E-state index contributed by atoms with van der Waals surface area (Å²) in [4.78, 5) is 25.4. The third kappa shape index (κ3) is 6.99. The summed E-state index contributed by atoms with van der Waals surface area (Å²) in [6.45, 7) is 13.7. The van der Waals surface area contributed by atoms with Crippen LogP contribution in [0, 0.1) is 32.6 Å². The van der Waals surface area contributed by atoms with Gasteiger partial charge in [0.05, 0.1) is 5.92 Å². The maximum atomic E-state index is 13.0. The summed E-state index contributed by atoms with van der Waals surface area (Å²) in [5.41, 5.74) is 3.71. The van der Waals surface area contributed by atoms with Gasteiger partial charge in [-0.3, -0.25) is 14.2 Å². The number of ether oxygens (including phenoxy) is 1. The maximum absolute atomic E-state index is 13.0. The number of aryl methyl sites for hydroxylation is 3. The summed E-state index contributed by atoms with van der Waals surface area (Å²) >= 11 is 0. The van der Waals surface area contributed by atoms with E-state index in [1.807, 2.05) is 53.7 Å². The van der Waals surface area contributed by atoms with Crippen LogP contribution in [0.2, 0.25) is 0 Å². The van der Waals surface area contributed by atoms with Crippen LogP contribution in [0.15, 0.2) is 12.1 Å². The minimum absolute atomic E-state index is 0.0556. The van der Waals surface area contributed by atoms with E-state index in [1.54, 1.807) is 9.12 Å². The van der Waals surface area contributed by atoms with Gasteiger partial charge in [-0.2, -0.15) is 0 Å². The molecule has 0 bridgehead atoms. The molecule has 0 aliphatic carbocycles. The van der Waals surface area contributed by atoms with Crippen LogP contribution < -0.4 is 0 Å². The highest BCUT2D eigenvalue weighted by atomic mass is 31.0. The van der Waals surface area contributed by atoms with Crippen molar-refractivity contribution in [2.75, 3.05) is 0 Å². The molecule has 0 amide bonds. The Morgan fingerprint density at radius 1 is 1.04 bits per heavy atom. The minimum Gasteiger partial charge on any atom is -0.453 e. The number of esters is 1. The number of carbonyl (C=O) groups is 2. The van der Waals surface area contributed by atoms with Crippen molar-refractivity contribution in [1.29, 1.82) is 0 Å². The van der Waals surface area contributed by atoms with Crippen LogP contribution in [0.25, 0.3) is 0 Å². The van der Waals surface area contributed by atoms with Crippen LogP contribution in [-0.4, -0.2) is 17.9 Å². The summed E-state index contributed by atoms with van der Waals surface area (Å²) in [6, 6.07) is 4.01. The zero-order valence-corrected chi connectivity index (χ0v) is 18.1. The smallest absolute Gasteiger partial charge is 0.309 e. The number of rotatable bonds is 8. The van der Waals surface area contributed by atoms with Crippen LogP contribution in [0.3, 0.4) is 0 Å². The van der Waals surface area contributed by atoms with Gasteiger partial charge in [-0.15, -0.1) is 0 Å². The third-order valence-electron chi connectivity index (χ3n) is 4.42. The molecule has 0 spiro atoms. The molecule has 26 heavy (non-hydrogen) atoms. The fourth-order valence-corrected chi connectivity index (χ4v) is 3.07. The van der Waals surface area contributed by atoms with Crippen molar-refractivity contribution in [3.8, 4) is 0 Å². The molecular weight excluding hydrogens is 347 g/mol. The van der Waals surface area contributed by atoms with Crippen LogP contribution in [0.4, 0.5) is 0 Å². The van der Waals surface area contributed by atoms with Crippen LogP contribution in [0.5, 0.6) is 0 Å². The number of hydrogen-bond donors (Lipinski definition) is 0. The lowest BCUT2D eigenvalue weighted by Crippen LogP contribution is -2.35. The van der Waals surface area contributed by atoms with Gasteiger partial charge < -0.3 is 4.74 Å². The summed E-state index contributed by atoms with van der Waals surface area (Å²) in [5.74, 6) is -0.576. The molecule has 1 rings (SSSR count). The number of ketones is 1. The van der Waals surface area contributed by atoms with E-state index in [1.165, 1.54) is 0 Å². The Balaban J connectivity index is 0.00000301. The quantitative estimate of drug-likeness (QED) is 0.331. The first-order chi connectivity index (χ1) is 12.2. The normalized spacial score (nSPS) is 12.8. The monoisotopic (exact) mass is 380 g/mol. The second-order valence-corrected chi connectivity index (χ2v) is 7.28. The Morgan fingerprint density at radius 2 is 1.54 bits per heavy atom. The predicted octanol–water partition coefficient (Wildman–Crippen LogP) is 5.66.